The van der Waals surface area contributed by atoms with Crippen molar-refractivity contribution >= 4 is 17.3 Å². The number of ether oxygens (including phenoxy) is 1. The van der Waals surface area contributed by atoms with E-state index in [1.54, 1.807) is 13.3 Å². The van der Waals surface area contributed by atoms with Gasteiger partial charge in [0.15, 0.2) is 0 Å². The molecule has 18 heavy (non-hydrogen) atoms. The first-order chi connectivity index (χ1) is 8.71. The predicted octanol–water partition coefficient (Wildman–Crippen LogP) is 1.74. The van der Waals surface area contributed by atoms with Crippen LogP contribution in [0, 0.1) is 5.92 Å². The van der Waals surface area contributed by atoms with Crippen molar-refractivity contribution in [3.8, 4) is 0 Å². The lowest BCUT2D eigenvalue weighted by molar-refractivity contribution is 0.118. The summed E-state index contributed by atoms with van der Waals surface area (Å²) in [5.74, 6) is 0.158. The van der Waals surface area contributed by atoms with Gasteiger partial charge in [0.25, 0.3) is 0 Å². The third kappa shape index (κ3) is 2.46. The smallest absolute Gasteiger partial charge is 0.0669 e. The van der Waals surface area contributed by atoms with Crippen LogP contribution in [0.5, 0.6) is 0 Å². The maximum Gasteiger partial charge on any atom is 0.0669 e. The van der Waals surface area contributed by atoms with Crippen LogP contribution >= 0.6 is 11.6 Å². The van der Waals surface area contributed by atoms with Crippen molar-refractivity contribution in [2.75, 3.05) is 31.8 Å². The Labute approximate surface area is 113 Å². The molecule has 1 aliphatic rings. The van der Waals surface area contributed by atoms with Gasteiger partial charge in [0.1, 0.15) is 0 Å². The van der Waals surface area contributed by atoms with Crippen LogP contribution in [0.15, 0.2) is 12.3 Å². The van der Waals surface area contributed by atoms with Crippen LogP contribution in [-0.2, 0) is 11.2 Å². The van der Waals surface area contributed by atoms with Crippen molar-refractivity contribution in [1.82, 2.24) is 4.98 Å². The van der Waals surface area contributed by atoms with Gasteiger partial charge < -0.3 is 14.7 Å². The first kappa shape index (κ1) is 13.6. The Morgan fingerprint density at radius 2 is 2.39 bits per heavy atom. The van der Waals surface area contributed by atoms with Crippen molar-refractivity contribution in [3.05, 3.63) is 23.0 Å². The Morgan fingerprint density at radius 3 is 3.00 bits per heavy atom. The molecule has 0 amide bonds. The molecule has 1 N–H and O–H groups in total. The molecule has 0 aromatic carbocycles. The van der Waals surface area contributed by atoms with Crippen molar-refractivity contribution in [1.29, 1.82) is 0 Å². The average Bonchev–Trinajstić information content (AvgIpc) is 2.38. The minimum absolute atomic E-state index is 0.147. The Morgan fingerprint density at radius 1 is 1.61 bits per heavy atom. The van der Waals surface area contributed by atoms with Crippen LogP contribution < -0.4 is 4.90 Å². The zero-order valence-corrected chi connectivity index (χ0v) is 11.5. The highest BCUT2D eigenvalue weighted by Crippen LogP contribution is 2.34. The monoisotopic (exact) mass is 270 g/mol. The van der Waals surface area contributed by atoms with Gasteiger partial charge >= 0.3 is 0 Å². The molecular formula is C13H19ClN2O2. The summed E-state index contributed by atoms with van der Waals surface area (Å²) in [5.41, 5.74) is 2.07. The summed E-state index contributed by atoms with van der Waals surface area (Å²) in [5, 5.41) is 10.2. The second-order valence-electron chi connectivity index (χ2n) is 4.57. The number of aromatic nitrogens is 1. The zero-order valence-electron chi connectivity index (χ0n) is 10.8. The summed E-state index contributed by atoms with van der Waals surface area (Å²) in [6.45, 7) is 3.69. The van der Waals surface area contributed by atoms with Gasteiger partial charge in [0.05, 0.1) is 29.1 Å². The lowest BCUT2D eigenvalue weighted by atomic mass is 9.89. The Kier molecular flexibility index (Phi) is 4.43. The highest BCUT2D eigenvalue weighted by molar-refractivity contribution is 6.30. The molecule has 5 heteroatoms. The minimum atomic E-state index is 0.147. The third-order valence-electron chi connectivity index (χ3n) is 3.54. The van der Waals surface area contributed by atoms with E-state index in [2.05, 4.69) is 16.8 Å². The zero-order chi connectivity index (χ0) is 13.1. The SMILES string of the molecule is CCN1c2cc(Cl)cnc2CC(CO)C1COC. The van der Waals surface area contributed by atoms with Crippen molar-refractivity contribution in [2.24, 2.45) is 5.92 Å². The van der Waals surface area contributed by atoms with Gasteiger partial charge in [-0.05, 0) is 19.4 Å². The Bertz CT molecular complexity index is 414. The summed E-state index contributed by atoms with van der Waals surface area (Å²) in [7, 11) is 1.69. The average molecular weight is 271 g/mol. The van der Waals surface area contributed by atoms with Crippen LogP contribution in [-0.4, -0.2) is 43.0 Å². The van der Waals surface area contributed by atoms with Crippen molar-refractivity contribution in [2.45, 2.75) is 19.4 Å². The lowest BCUT2D eigenvalue weighted by Gasteiger charge is -2.42. The molecule has 1 aliphatic heterocycles. The Hall–Kier alpha value is -0.840. The number of rotatable bonds is 4. The van der Waals surface area contributed by atoms with E-state index in [9.17, 15) is 5.11 Å². The lowest BCUT2D eigenvalue weighted by Crippen LogP contribution is -2.49. The number of hydrogen-bond donors (Lipinski definition) is 1. The molecule has 0 saturated heterocycles. The van der Waals surface area contributed by atoms with Gasteiger partial charge in [-0.1, -0.05) is 11.6 Å². The molecule has 100 valence electrons. The fourth-order valence-electron chi connectivity index (χ4n) is 2.67. The molecule has 1 aromatic rings. The van der Waals surface area contributed by atoms with Gasteiger partial charge in [-0.25, -0.2) is 0 Å². The van der Waals surface area contributed by atoms with Crippen LogP contribution in [0.1, 0.15) is 12.6 Å². The maximum atomic E-state index is 9.55. The highest BCUT2D eigenvalue weighted by atomic mass is 35.5. The van der Waals surface area contributed by atoms with Gasteiger partial charge in [0, 0.05) is 32.4 Å². The largest absolute Gasteiger partial charge is 0.396 e. The summed E-state index contributed by atoms with van der Waals surface area (Å²) in [6.07, 6.45) is 2.44. The van der Waals surface area contributed by atoms with Crippen molar-refractivity contribution < 1.29 is 9.84 Å². The molecule has 2 atom stereocenters. The highest BCUT2D eigenvalue weighted by Gasteiger charge is 2.34. The second-order valence-corrected chi connectivity index (χ2v) is 5.01. The molecule has 0 aliphatic carbocycles. The first-order valence-electron chi connectivity index (χ1n) is 6.22. The van der Waals surface area contributed by atoms with E-state index in [1.165, 1.54) is 0 Å². The predicted molar refractivity (Wildman–Crippen MR) is 72.2 cm³/mol. The standard InChI is InChI=1S/C13H19ClN2O2/c1-3-16-12-5-10(14)6-15-11(12)4-9(7-17)13(16)8-18-2/h5-6,9,13,17H,3-4,7-8H2,1-2H3. The number of pyridine rings is 1. The molecule has 0 spiro atoms. The topological polar surface area (TPSA) is 45.6 Å². The van der Waals surface area contributed by atoms with E-state index in [-0.39, 0.29) is 18.6 Å². The Balaban J connectivity index is 2.39. The van der Waals surface area contributed by atoms with Gasteiger partial charge in [-0.2, -0.15) is 0 Å². The molecule has 0 fully saturated rings. The number of fused-ring (bicyclic) bond motifs is 1. The molecule has 2 unspecified atom stereocenters. The molecule has 2 rings (SSSR count). The third-order valence-corrected chi connectivity index (χ3v) is 3.74. The van der Waals surface area contributed by atoms with Gasteiger partial charge in [0.2, 0.25) is 0 Å². The van der Waals surface area contributed by atoms with E-state index >= 15 is 0 Å². The summed E-state index contributed by atoms with van der Waals surface area (Å²) < 4.78 is 5.28. The number of methoxy groups -OCH3 is 1. The van der Waals surface area contributed by atoms with E-state index in [4.69, 9.17) is 16.3 Å². The normalized spacial score (nSPS) is 23.0. The number of likely N-dealkylation sites (N-methyl/N-ethyl adjacent to an activating group) is 1. The van der Waals surface area contributed by atoms with E-state index in [0.29, 0.717) is 11.6 Å². The van der Waals surface area contributed by atoms with E-state index in [0.717, 1.165) is 24.3 Å². The van der Waals surface area contributed by atoms with Crippen LogP contribution in [0.3, 0.4) is 0 Å². The fraction of sp³-hybridized carbons (Fsp3) is 0.615. The molecule has 2 heterocycles. The van der Waals surface area contributed by atoms with Crippen LogP contribution in [0.4, 0.5) is 5.69 Å². The summed E-state index contributed by atoms with van der Waals surface area (Å²) in [4.78, 5) is 6.61. The molecule has 0 saturated carbocycles. The van der Waals surface area contributed by atoms with Crippen molar-refractivity contribution in [3.63, 3.8) is 0 Å². The summed E-state index contributed by atoms with van der Waals surface area (Å²) >= 11 is 6.02. The number of nitrogens with zero attached hydrogens (tertiary/aromatic N) is 2. The fourth-order valence-corrected chi connectivity index (χ4v) is 2.82. The van der Waals surface area contributed by atoms with Crippen LogP contribution in [0.25, 0.3) is 0 Å². The number of halogens is 1. The molecule has 1 aromatic heterocycles. The van der Waals surface area contributed by atoms with E-state index < -0.39 is 0 Å². The minimum Gasteiger partial charge on any atom is -0.396 e. The maximum absolute atomic E-state index is 9.55. The number of anilines is 1. The molecular weight excluding hydrogens is 252 g/mol. The van der Waals surface area contributed by atoms with Crippen LogP contribution in [0.2, 0.25) is 5.02 Å². The van der Waals surface area contributed by atoms with Gasteiger partial charge in [-0.15, -0.1) is 0 Å². The first-order valence-corrected chi connectivity index (χ1v) is 6.59. The number of aliphatic hydroxyl groups excluding tert-OH is 1. The molecule has 0 bridgehead atoms. The summed E-state index contributed by atoms with van der Waals surface area (Å²) in [6, 6.07) is 2.13. The molecule has 0 radical (unpaired) electrons. The number of hydrogen-bond acceptors (Lipinski definition) is 4. The molecule has 4 nitrogen and oxygen atoms in total. The van der Waals surface area contributed by atoms with Gasteiger partial charge in [-0.3, -0.25) is 4.98 Å². The quantitative estimate of drug-likeness (QED) is 0.905. The number of aliphatic hydroxyl groups is 1. The van der Waals surface area contributed by atoms with E-state index in [1.807, 2.05) is 6.07 Å². The second kappa shape index (κ2) is 5.87.